The van der Waals surface area contributed by atoms with Crippen LogP contribution in [0.15, 0.2) is 24.3 Å². The van der Waals surface area contributed by atoms with Gasteiger partial charge in [-0.1, -0.05) is 32.9 Å². The molecule has 3 rings (SSSR count). The monoisotopic (exact) mass is 406 g/mol. The predicted octanol–water partition coefficient (Wildman–Crippen LogP) is 4.35. The first kappa shape index (κ1) is 21.8. The zero-order chi connectivity index (χ0) is 20.1. The molecule has 158 valence electrons. The molecule has 0 bridgehead atoms. The second kappa shape index (κ2) is 9.73. The minimum absolute atomic E-state index is 0.276. The van der Waals surface area contributed by atoms with Crippen LogP contribution in [0.25, 0.3) is 0 Å². The first-order valence-electron chi connectivity index (χ1n) is 10.8. The van der Waals surface area contributed by atoms with Crippen molar-refractivity contribution in [2.24, 2.45) is 11.3 Å². The van der Waals surface area contributed by atoms with Crippen molar-refractivity contribution in [1.29, 1.82) is 0 Å². The van der Waals surface area contributed by atoms with Gasteiger partial charge in [0.05, 0.1) is 25.5 Å². The minimum atomic E-state index is 0.276. The predicted molar refractivity (Wildman–Crippen MR) is 121 cm³/mol. The quantitative estimate of drug-likeness (QED) is 0.681. The molecule has 1 aliphatic carbocycles. The highest BCUT2D eigenvalue weighted by molar-refractivity contribution is 7.81. The van der Waals surface area contributed by atoms with E-state index in [0.717, 1.165) is 51.0 Å². The summed E-state index contributed by atoms with van der Waals surface area (Å²) in [4.78, 5) is 4.94. The van der Waals surface area contributed by atoms with Crippen molar-refractivity contribution < 1.29 is 9.47 Å². The van der Waals surface area contributed by atoms with E-state index in [4.69, 9.17) is 22.1 Å². The summed E-state index contributed by atoms with van der Waals surface area (Å²) in [5.41, 5.74) is 1.60. The van der Waals surface area contributed by atoms with Crippen LogP contribution >= 0.6 is 12.6 Å². The Balaban J connectivity index is 1.41. The third-order valence-corrected chi connectivity index (χ3v) is 6.45. The van der Waals surface area contributed by atoms with Gasteiger partial charge in [-0.05, 0) is 42.7 Å². The number of hydrogen-bond donors (Lipinski definition) is 1. The Labute approximate surface area is 177 Å². The third kappa shape index (κ3) is 6.04. The Morgan fingerprint density at radius 1 is 1.14 bits per heavy atom. The van der Waals surface area contributed by atoms with Gasteiger partial charge in [0.15, 0.2) is 0 Å². The summed E-state index contributed by atoms with van der Waals surface area (Å²) in [5, 5.41) is 0.276. The lowest BCUT2D eigenvalue weighted by atomic mass is 9.71. The second-order valence-electron chi connectivity index (χ2n) is 9.48. The van der Waals surface area contributed by atoms with Gasteiger partial charge in [-0.2, -0.15) is 12.6 Å². The summed E-state index contributed by atoms with van der Waals surface area (Å²) >= 11 is 4.83. The highest BCUT2D eigenvalue weighted by Gasteiger charge is 2.32. The Bertz CT molecular complexity index is 616. The van der Waals surface area contributed by atoms with Crippen LogP contribution in [0.1, 0.15) is 40.0 Å². The molecule has 3 unspecified atom stereocenters. The Morgan fingerprint density at radius 3 is 2.54 bits per heavy atom. The summed E-state index contributed by atoms with van der Waals surface area (Å²) in [6, 6.07) is 8.30. The van der Waals surface area contributed by atoms with Crippen molar-refractivity contribution in [3.05, 3.63) is 24.3 Å². The number of benzene rings is 1. The Kier molecular flexibility index (Phi) is 7.57. The van der Waals surface area contributed by atoms with Crippen LogP contribution in [0, 0.1) is 11.3 Å². The van der Waals surface area contributed by atoms with E-state index >= 15 is 0 Å². The van der Waals surface area contributed by atoms with Crippen LogP contribution < -0.4 is 9.64 Å². The number of nitrogens with zero attached hydrogens (tertiary/aromatic N) is 2. The molecule has 1 heterocycles. The van der Waals surface area contributed by atoms with Crippen molar-refractivity contribution in [2.45, 2.75) is 51.4 Å². The molecule has 2 aliphatic rings. The molecule has 0 radical (unpaired) electrons. The third-order valence-electron chi connectivity index (χ3n) is 6.14. The molecule has 1 saturated carbocycles. The van der Waals surface area contributed by atoms with Crippen LogP contribution in [0.5, 0.6) is 5.75 Å². The van der Waals surface area contributed by atoms with Gasteiger partial charge in [-0.25, -0.2) is 0 Å². The molecular weight excluding hydrogens is 368 g/mol. The average molecular weight is 407 g/mol. The van der Waals surface area contributed by atoms with Gasteiger partial charge in [0.25, 0.3) is 0 Å². The summed E-state index contributed by atoms with van der Waals surface area (Å²) < 4.78 is 11.8. The number of ether oxygens (including phenoxy) is 2. The van der Waals surface area contributed by atoms with Crippen LogP contribution in [0.4, 0.5) is 5.69 Å². The van der Waals surface area contributed by atoms with Crippen molar-refractivity contribution >= 4 is 18.3 Å². The number of hydrogen-bond acceptors (Lipinski definition) is 5. The fourth-order valence-electron chi connectivity index (χ4n) is 5.05. The molecule has 0 N–H and O–H groups in total. The molecule has 1 aromatic rings. The van der Waals surface area contributed by atoms with Crippen LogP contribution in [-0.2, 0) is 4.74 Å². The van der Waals surface area contributed by atoms with Crippen molar-refractivity contribution in [1.82, 2.24) is 4.90 Å². The first-order chi connectivity index (χ1) is 13.4. The first-order valence-corrected chi connectivity index (χ1v) is 11.3. The standard InChI is InChI=1S/C23H38N2O2S/c1-18-13-19(15-23(2,3)14-18)27-17-20(28)16-24-9-11-25(12-10-24)21-7-5-6-8-22(21)26-4/h5-8,18-20,28H,9-17H2,1-4H3. The molecule has 3 atom stereocenters. The summed E-state index contributed by atoms with van der Waals surface area (Å²) in [6.45, 7) is 13.0. The van der Waals surface area contributed by atoms with E-state index in [-0.39, 0.29) is 5.25 Å². The number of piperazine rings is 1. The van der Waals surface area contributed by atoms with E-state index < -0.39 is 0 Å². The van der Waals surface area contributed by atoms with Crippen molar-refractivity contribution in [3.8, 4) is 5.75 Å². The second-order valence-corrected chi connectivity index (χ2v) is 10.2. The lowest BCUT2D eigenvalue weighted by molar-refractivity contribution is -0.0237. The lowest BCUT2D eigenvalue weighted by Gasteiger charge is -2.39. The molecule has 0 aromatic heterocycles. The number of thiol groups is 1. The smallest absolute Gasteiger partial charge is 0.142 e. The van der Waals surface area contributed by atoms with E-state index in [1.54, 1.807) is 7.11 Å². The van der Waals surface area contributed by atoms with Gasteiger partial charge in [-0.15, -0.1) is 0 Å². The van der Waals surface area contributed by atoms with Crippen molar-refractivity contribution in [2.75, 3.05) is 51.3 Å². The molecule has 1 aromatic carbocycles. The molecule has 0 amide bonds. The van der Waals surface area contributed by atoms with E-state index in [1.807, 2.05) is 12.1 Å². The van der Waals surface area contributed by atoms with E-state index in [0.29, 0.717) is 11.5 Å². The maximum atomic E-state index is 6.28. The summed E-state index contributed by atoms with van der Waals surface area (Å²) in [5.74, 6) is 1.72. The highest BCUT2D eigenvalue weighted by Crippen LogP contribution is 2.39. The topological polar surface area (TPSA) is 24.9 Å². The molecule has 1 aliphatic heterocycles. The summed E-state index contributed by atoms with van der Waals surface area (Å²) in [7, 11) is 1.74. The normalized spacial score (nSPS) is 26.8. The van der Waals surface area contributed by atoms with E-state index in [1.165, 1.54) is 24.9 Å². The SMILES string of the molecule is COc1ccccc1N1CCN(CC(S)COC2CC(C)CC(C)(C)C2)CC1. The molecule has 1 saturated heterocycles. The Morgan fingerprint density at radius 2 is 1.86 bits per heavy atom. The number of anilines is 1. The number of rotatable bonds is 7. The molecular formula is C23H38N2O2S. The Hall–Kier alpha value is -0.910. The minimum Gasteiger partial charge on any atom is -0.495 e. The molecule has 4 nitrogen and oxygen atoms in total. The van der Waals surface area contributed by atoms with Gasteiger partial charge in [-0.3, -0.25) is 4.90 Å². The van der Waals surface area contributed by atoms with E-state index in [2.05, 4.69) is 42.7 Å². The number of para-hydroxylation sites is 2. The van der Waals surface area contributed by atoms with Gasteiger partial charge in [0.1, 0.15) is 5.75 Å². The van der Waals surface area contributed by atoms with E-state index in [9.17, 15) is 0 Å². The van der Waals surface area contributed by atoms with Gasteiger partial charge in [0.2, 0.25) is 0 Å². The fourth-order valence-corrected chi connectivity index (χ4v) is 5.36. The largest absolute Gasteiger partial charge is 0.495 e. The molecule has 5 heteroatoms. The summed E-state index contributed by atoms with van der Waals surface area (Å²) in [6.07, 6.45) is 4.08. The molecule has 2 fully saturated rings. The van der Waals surface area contributed by atoms with Gasteiger partial charge < -0.3 is 14.4 Å². The van der Waals surface area contributed by atoms with Crippen LogP contribution in [-0.4, -0.2) is 62.7 Å². The zero-order valence-corrected chi connectivity index (χ0v) is 19.0. The maximum Gasteiger partial charge on any atom is 0.142 e. The molecule has 28 heavy (non-hydrogen) atoms. The zero-order valence-electron chi connectivity index (χ0n) is 18.1. The molecule has 0 spiro atoms. The van der Waals surface area contributed by atoms with Crippen LogP contribution in [0.3, 0.4) is 0 Å². The van der Waals surface area contributed by atoms with Gasteiger partial charge in [0, 0.05) is 38.0 Å². The maximum absolute atomic E-state index is 6.28. The van der Waals surface area contributed by atoms with Crippen LogP contribution in [0.2, 0.25) is 0 Å². The average Bonchev–Trinajstić information content (AvgIpc) is 2.65. The van der Waals surface area contributed by atoms with Crippen molar-refractivity contribution in [3.63, 3.8) is 0 Å². The number of methoxy groups -OCH3 is 1. The lowest BCUT2D eigenvalue weighted by Crippen LogP contribution is -2.48. The fraction of sp³-hybridized carbons (Fsp3) is 0.739. The van der Waals surface area contributed by atoms with Gasteiger partial charge >= 0.3 is 0 Å². The highest BCUT2D eigenvalue weighted by atomic mass is 32.1.